The Kier molecular flexibility index (Phi) is 6.27. The predicted molar refractivity (Wildman–Crippen MR) is 145 cm³/mol. The highest BCUT2D eigenvalue weighted by Crippen LogP contribution is 2.33. The predicted octanol–water partition coefficient (Wildman–Crippen LogP) is 6.01. The summed E-state index contributed by atoms with van der Waals surface area (Å²) in [5, 5.41) is 26.7. The van der Waals surface area contributed by atoms with E-state index >= 15 is 0 Å². The molecule has 0 aliphatic carbocycles. The summed E-state index contributed by atoms with van der Waals surface area (Å²) >= 11 is 0. The van der Waals surface area contributed by atoms with E-state index in [0.29, 0.717) is 39.1 Å². The third-order valence-electron chi connectivity index (χ3n) is 6.47. The monoisotopic (exact) mass is 504 g/mol. The van der Waals surface area contributed by atoms with E-state index in [1.165, 1.54) is 6.20 Å². The SMILES string of the molecule is Cc1cc([C@@H](C)Nc2ccccc2C(=O)O)c2oc(-c3cccc(-n4cc(C#N)cn4)c3)c(C)c(=O)c2c1. The second kappa shape index (κ2) is 9.71. The molecule has 0 spiro atoms. The molecular weight excluding hydrogens is 480 g/mol. The molecule has 2 heterocycles. The van der Waals surface area contributed by atoms with Gasteiger partial charge in [0.15, 0.2) is 5.43 Å². The fourth-order valence-corrected chi connectivity index (χ4v) is 4.58. The van der Waals surface area contributed by atoms with Crippen molar-refractivity contribution < 1.29 is 14.3 Å². The van der Waals surface area contributed by atoms with Gasteiger partial charge in [-0.1, -0.05) is 30.3 Å². The van der Waals surface area contributed by atoms with Crippen molar-refractivity contribution in [2.75, 3.05) is 5.32 Å². The molecule has 0 saturated heterocycles. The van der Waals surface area contributed by atoms with Crippen LogP contribution in [0.3, 0.4) is 0 Å². The zero-order valence-electron chi connectivity index (χ0n) is 21.0. The molecule has 0 bridgehead atoms. The highest BCUT2D eigenvalue weighted by atomic mass is 16.4. The lowest BCUT2D eigenvalue weighted by Gasteiger charge is -2.20. The zero-order chi connectivity index (χ0) is 27.0. The summed E-state index contributed by atoms with van der Waals surface area (Å²) in [5.74, 6) is -0.599. The van der Waals surface area contributed by atoms with Crippen molar-refractivity contribution in [3.8, 4) is 23.1 Å². The van der Waals surface area contributed by atoms with Crippen molar-refractivity contribution >= 4 is 22.6 Å². The van der Waals surface area contributed by atoms with E-state index in [1.807, 2.05) is 50.2 Å². The van der Waals surface area contributed by atoms with Crippen molar-refractivity contribution in [2.45, 2.75) is 26.8 Å². The molecule has 8 heteroatoms. The Balaban J connectivity index is 1.64. The van der Waals surface area contributed by atoms with E-state index in [2.05, 4.69) is 16.5 Å². The number of benzene rings is 3. The maximum absolute atomic E-state index is 13.5. The number of hydrogen-bond donors (Lipinski definition) is 2. The van der Waals surface area contributed by atoms with Crippen LogP contribution >= 0.6 is 0 Å². The average molecular weight is 505 g/mol. The van der Waals surface area contributed by atoms with E-state index in [1.54, 1.807) is 42.1 Å². The molecule has 0 fully saturated rings. The number of anilines is 1. The number of aromatic nitrogens is 2. The molecule has 3 aromatic carbocycles. The van der Waals surface area contributed by atoms with Gasteiger partial charge in [-0.25, -0.2) is 9.48 Å². The van der Waals surface area contributed by atoms with Gasteiger partial charge in [0.05, 0.1) is 34.4 Å². The molecular formula is C30H24N4O4. The van der Waals surface area contributed by atoms with Crippen LogP contribution in [0, 0.1) is 25.2 Å². The van der Waals surface area contributed by atoms with Crippen LogP contribution in [0.1, 0.15) is 45.6 Å². The standard InChI is InChI=1S/C30H24N4O4/c1-17-11-24(19(3)33-26-10-5-4-9-23(26)30(36)37)29-25(12-17)27(35)18(2)28(38-29)21-7-6-8-22(13-21)34-16-20(14-31)15-32-34/h4-13,15-16,19,33H,1-3H3,(H,36,37)/t19-/m1/s1. The summed E-state index contributed by atoms with van der Waals surface area (Å²) in [6.45, 7) is 5.55. The Morgan fingerprint density at radius 2 is 1.92 bits per heavy atom. The Labute approximate surface area is 218 Å². The first-order valence-corrected chi connectivity index (χ1v) is 12.0. The number of nitrogens with one attached hydrogen (secondary N) is 1. The number of fused-ring (bicyclic) bond motifs is 1. The van der Waals surface area contributed by atoms with Gasteiger partial charge in [0, 0.05) is 28.6 Å². The minimum Gasteiger partial charge on any atom is -0.478 e. The van der Waals surface area contributed by atoms with E-state index < -0.39 is 5.97 Å². The highest BCUT2D eigenvalue weighted by molar-refractivity contribution is 5.94. The third-order valence-corrected chi connectivity index (χ3v) is 6.47. The van der Waals surface area contributed by atoms with Gasteiger partial charge in [0.25, 0.3) is 0 Å². The molecule has 0 aliphatic heterocycles. The largest absolute Gasteiger partial charge is 0.478 e. The fraction of sp³-hybridized carbons (Fsp3) is 0.133. The average Bonchev–Trinajstić information content (AvgIpc) is 3.40. The van der Waals surface area contributed by atoms with E-state index in [0.717, 1.165) is 16.8 Å². The van der Waals surface area contributed by atoms with Crippen LogP contribution in [0.2, 0.25) is 0 Å². The summed E-state index contributed by atoms with van der Waals surface area (Å²) < 4.78 is 8.06. The Hall–Kier alpha value is -5.16. The van der Waals surface area contributed by atoms with Gasteiger partial charge in [0.1, 0.15) is 17.4 Å². The Morgan fingerprint density at radius 3 is 2.66 bits per heavy atom. The topological polar surface area (TPSA) is 121 Å². The van der Waals surface area contributed by atoms with Crippen LogP contribution in [0.25, 0.3) is 28.0 Å². The van der Waals surface area contributed by atoms with E-state index in [9.17, 15) is 14.7 Å². The first kappa shape index (κ1) is 24.5. The number of hydrogen-bond acceptors (Lipinski definition) is 6. The van der Waals surface area contributed by atoms with Crippen molar-refractivity contribution in [1.82, 2.24) is 9.78 Å². The molecule has 188 valence electrons. The van der Waals surface area contributed by atoms with Gasteiger partial charge < -0.3 is 14.8 Å². The normalized spacial score (nSPS) is 11.7. The zero-order valence-corrected chi connectivity index (χ0v) is 21.0. The number of nitriles is 1. The van der Waals surface area contributed by atoms with Crippen molar-refractivity contribution in [3.05, 3.63) is 111 Å². The second-order valence-corrected chi connectivity index (χ2v) is 9.17. The second-order valence-electron chi connectivity index (χ2n) is 9.17. The number of carboxylic acid groups (broad SMARTS) is 1. The summed E-state index contributed by atoms with van der Waals surface area (Å²) in [7, 11) is 0. The number of carboxylic acids is 1. The maximum Gasteiger partial charge on any atom is 0.337 e. The Morgan fingerprint density at radius 1 is 1.13 bits per heavy atom. The number of nitrogens with zero attached hydrogens (tertiary/aromatic N) is 3. The summed E-state index contributed by atoms with van der Waals surface area (Å²) in [6.07, 6.45) is 3.12. The molecule has 2 aromatic heterocycles. The fourth-order valence-electron chi connectivity index (χ4n) is 4.58. The first-order valence-electron chi connectivity index (χ1n) is 12.0. The highest BCUT2D eigenvalue weighted by Gasteiger charge is 2.20. The van der Waals surface area contributed by atoms with Gasteiger partial charge in [0.2, 0.25) is 0 Å². The molecule has 5 aromatic rings. The molecule has 2 N–H and O–H groups in total. The molecule has 0 unspecified atom stereocenters. The van der Waals surface area contributed by atoms with Crippen LogP contribution in [0.4, 0.5) is 5.69 Å². The molecule has 5 rings (SSSR count). The number of para-hydroxylation sites is 1. The van der Waals surface area contributed by atoms with Crippen LogP contribution in [0.5, 0.6) is 0 Å². The molecule has 38 heavy (non-hydrogen) atoms. The molecule has 8 nitrogen and oxygen atoms in total. The van der Waals surface area contributed by atoms with E-state index in [-0.39, 0.29) is 17.0 Å². The van der Waals surface area contributed by atoms with Crippen LogP contribution < -0.4 is 10.7 Å². The number of carbonyl (C=O) groups is 1. The molecule has 1 atom stereocenters. The van der Waals surface area contributed by atoms with Crippen molar-refractivity contribution in [3.63, 3.8) is 0 Å². The van der Waals surface area contributed by atoms with E-state index in [4.69, 9.17) is 9.68 Å². The molecule has 0 saturated carbocycles. The number of rotatable bonds is 6. The lowest BCUT2D eigenvalue weighted by molar-refractivity contribution is 0.0698. The van der Waals surface area contributed by atoms with Crippen LogP contribution in [-0.4, -0.2) is 20.9 Å². The molecule has 0 radical (unpaired) electrons. The minimum atomic E-state index is -1.03. The Bertz CT molecular complexity index is 1810. The van der Waals surface area contributed by atoms with Gasteiger partial charge in [-0.05, 0) is 56.7 Å². The van der Waals surface area contributed by atoms with Crippen molar-refractivity contribution in [2.24, 2.45) is 0 Å². The van der Waals surface area contributed by atoms with Crippen molar-refractivity contribution in [1.29, 1.82) is 5.26 Å². The summed E-state index contributed by atoms with van der Waals surface area (Å²) in [6, 6.07) is 19.5. The molecule has 0 amide bonds. The van der Waals surface area contributed by atoms with Gasteiger partial charge >= 0.3 is 5.97 Å². The molecule has 0 aliphatic rings. The quantitative estimate of drug-likeness (QED) is 0.291. The number of aryl methyl sites for hydroxylation is 1. The lowest BCUT2D eigenvalue weighted by atomic mass is 9.98. The van der Waals surface area contributed by atoms with Gasteiger partial charge in [-0.3, -0.25) is 4.79 Å². The maximum atomic E-state index is 13.5. The minimum absolute atomic E-state index is 0.138. The third kappa shape index (κ3) is 4.42. The van der Waals surface area contributed by atoms with Crippen LogP contribution in [0.15, 0.2) is 82.3 Å². The number of aromatic carboxylic acids is 1. The van der Waals surface area contributed by atoms with Gasteiger partial charge in [-0.2, -0.15) is 10.4 Å². The van der Waals surface area contributed by atoms with Crippen LogP contribution in [-0.2, 0) is 0 Å². The summed E-state index contributed by atoms with van der Waals surface area (Å²) in [5.41, 5.74) is 4.88. The lowest BCUT2D eigenvalue weighted by Crippen LogP contribution is -2.14. The van der Waals surface area contributed by atoms with Gasteiger partial charge in [-0.15, -0.1) is 0 Å². The first-order chi connectivity index (χ1) is 18.3. The summed E-state index contributed by atoms with van der Waals surface area (Å²) in [4.78, 5) is 25.3. The smallest absolute Gasteiger partial charge is 0.337 e.